The van der Waals surface area contributed by atoms with E-state index in [1.165, 1.54) is 0 Å². The summed E-state index contributed by atoms with van der Waals surface area (Å²) in [6, 6.07) is 12.1. The molecule has 2 aromatic heterocycles. The first-order valence-electron chi connectivity index (χ1n) is 8.75. The van der Waals surface area contributed by atoms with Crippen LogP contribution in [-0.2, 0) is 7.05 Å². The number of aryl methyl sites for hydroxylation is 1. The molecule has 1 amide bonds. The SMILES string of the molecule is Cn1ccc(C(=O)NC2CCCN(c3nc(-c4ccccc4)cs3)C2)n1. The Morgan fingerprint density at radius 1 is 1.27 bits per heavy atom. The molecule has 7 heteroatoms. The molecule has 1 atom stereocenters. The predicted octanol–water partition coefficient (Wildman–Crippen LogP) is 2.94. The van der Waals surface area contributed by atoms with Crippen molar-refractivity contribution in [1.82, 2.24) is 20.1 Å². The summed E-state index contributed by atoms with van der Waals surface area (Å²) in [5, 5.41) is 10.4. The molecule has 26 heavy (non-hydrogen) atoms. The van der Waals surface area contributed by atoms with Crippen LogP contribution in [0.5, 0.6) is 0 Å². The van der Waals surface area contributed by atoms with Crippen molar-refractivity contribution in [2.24, 2.45) is 7.05 Å². The molecule has 1 aromatic carbocycles. The Balaban J connectivity index is 1.42. The van der Waals surface area contributed by atoms with Crippen LogP contribution in [-0.4, -0.2) is 39.8 Å². The van der Waals surface area contributed by atoms with E-state index in [0.717, 1.165) is 42.3 Å². The molecule has 6 nitrogen and oxygen atoms in total. The van der Waals surface area contributed by atoms with Gasteiger partial charge in [-0.25, -0.2) is 4.98 Å². The summed E-state index contributed by atoms with van der Waals surface area (Å²) < 4.78 is 1.64. The summed E-state index contributed by atoms with van der Waals surface area (Å²) >= 11 is 1.66. The van der Waals surface area contributed by atoms with Crippen molar-refractivity contribution >= 4 is 22.4 Å². The number of aromatic nitrogens is 3. The quantitative estimate of drug-likeness (QED) is 0.770. The van der Waals surface area contributed by atoms with Crippen LogP contribution < -0.4 is 10.2 Å². The van der Waals surface area contributed by atoms with Crippen molar-refractivity contribution in [1.29, 1.82) is 0 Å². The van der Waals surface area contributed by atoms with Crippen LogP contribution in [0.15, 0.2) is 48.0 Å². The van der Waals surface area contributed by atoms with E-state index in [-0.39, 0.29) is 11.9 Å². The summed E-state index contributed by atoms with van der Waals surface area (Å²) in [4.78, 5) is 19.4. The number of amides is 1. The van der Waals surface area contributed by atoms with E-state index in [1.807, 2.05) is 25.2 Å². The van der Waals surface area contributed by atoms with Crippen molar-refractivity contribution in [3.63, 3.8) is 0 Å². The highest BCUT2D eigenvalue weighted by atomic mass is 32.1. The Bertz CT molecular complexity index is 888. The molecule has 1 unspecified atom stereocenters. The van der Waals surface area contributed by atoms with Gasteiger partial charge in [0.05, 0.1) is 5.69 Å². The summed E-state index contributed by atoms with van der Waals surface area (Å²) in [5.74, 6) is -0.110. The minimum atomic E-state index is -0.110. The topological polar surface area (TPSA) is 63.1 Å². The number of nitrogens with one attached hydrogen (secondary N) is 1. The molecule has 0 saturated carbocycles. The number of nitrogens with zero attached hydrogens (tertiary/aromatic N) is 4. The maximum absolute atomic E-state index is 12.3. The van der Waals surface area contributed by atoms with Gasteiger partial charge in [-0.2, -0.15) is 5.10 Å². The highest BCUT2D eigenvalue weighted by Crippen LogP contribution is 2.29. The van der Waals surface area contributed by atoms with Gasteiger partial charge >= 0.3 is 0 Å². The van der Waals surface area contributed by atoms with Gasteiger partial charge in [-0.15, -0.1) is 11.3 Å². The predicted molar refractivity (Wildman–Crippen MR) is 103 cm³/mol. The second kappa shape index (κ2) is 7.29. The van der Waals surface area contributed by atoms with E-state index < -0.39 is 0 Å². The highest BCUT2D eigenvalue weighted by Gasteiger charge is 2.24. The maximum Gasteiger partial charge on any atom is 0.272 e. The van der Waals surface area contributed by atoms with E-state index >= 15 is 0 Å². The number of carbonyl (C=O) groups excluding carboxylic acids is 1. The van der Waals surface area contributed by atoms with Crippen molar-refractivity contribution < 1.29 is 4.79 Å². The zero-order valence-corrected chi connectivity index (χ0v) is 15.4. The third-order valence-electron chi connectivity index (χ3n) is 4.53. The third kappa shape index (κ3) is 3.62. The zero-order chi connectivity index (χ0) is 17.9. The first kappa shape index (κ1) is 16.8. The number of piperidine rings is 1. The molecule has 1 N–H and O–H groups in total. The van der Waals surface area contributed by atoms with Gasteiger partial charge in [0.1, 0.15) is 5.69 Å². The average molecular weight is 367 g/mol. The molecule has 4 rings (SSSR count). The summed E-state index contributed by atoms with van der Waals surface area (Å²) in [5.41, 5.74) is 2.60. The fraction of sp³-hybridized carbons (Fsp3) is 0.316. The Labute approximate surface area is 156 Å². The lowest BCUT2D eigenvalue weighted by Gasteiger charge is -2.32. The van der Waals surface area contributed by atoms with Gasteiger partial charge in [-0.1, -0.05) is 30.3 Å². The van der Waals surface area contributed by atoms with Crippen LogP contribution in [0, 0.1) is 0 Å². The summed E-state index contributed by atoms with van der Waals surface area (Å²) in [6.07, 6.45) is 3.79. The Hall–Kier alpha value is -2.67. The van der Waals surface area contributed by atoms with Crippen LogP contribution in [0.1, 0.15) is 23.3 Å². The molecule has 3 heterocycles. The zero-order valence-electron chi connectivity index (χ0n) is 14.6. The molecule has 1 saturated heterocycles. The second-order valence-corrected chi connectivity index (χ2v) is 7.35. The Kier molecular flexibility index (Phi) is 4.71. The van der Waals surface area contributed by atoms with E-state index in [2.05, 4.69) is 32.8 Å². The van der Waals surface area contributed by atoms with E-state index in [4.69, 9.17) is 4.98 Å². The van der Waals surface area contributed by atoms with Crippen molar-refractivity contribution in [2.45, 2.75) is 18.9 Å². The second-order valence-electron chi connectivity index (χ2n) is 6.51. The Morgan fingerprint density at radius 3 is 2.88 bits per heavy atom. The largest absolute Gasteiger partial charge is 0.346 e. The first-order valence-corrected chi connectivity index (χ1v) is 9.63. The first-order chi connectivity index (χ1) is 12.7. The lowest BCUT2D eigenvalue weighted by Crippen LogP contribution is -2.48. The normalized spacial score (nSPS) is 17.3. The number of anilines is 1. The standard InChI is InChI=1S/C19H21N5OS/c1-23-11-9-16(22-23)18(25)20-15-8-5-10-24(12-15)19-21-17(13-26-19)14-6-3-2-4-7-14/h2-4,6-7,9,11,13,15H,5,8,10,12H2,1H3,(H,20,25). The monoisotopic (exact) mass is 367 g/mol. The summed E-state index contributed by atoms with van der Waals surface area (Å²) in [6.45, 7) is 1.75. The maximum atomic E-state index is 12.3. The van der Waals surface area contributed by atoms with Gasteiger partial charge in [0.25, 0.3) is 5.91 Å². The van der Waals surface area contributed by atoms with Crippen LogP contribution in [0.2, 0.25) is 0 Å². The van der Waals surface area contributed by atoms with E-state index in [0.29, 0.717) is 5.69 Å². The van der Waals surface area contributed by atoms with Gasteiger partial charge in [-0.3, -0.25) is 9.48 Å². The minimum absolute atomic E-state index is 0.110. The van der Waals surface area contributed by atoms with Crippen molar-refractivity contribution in [3.8, 4) is 11.3 Å². The molecule has 1 fully saturated rings. The number of benzene rings is 1. The number of hydrogen-bond donors (Lipinski definition) is 1. The lowest BCUT2D eigenvalue weighted by molar-refractivity contribution is 0.0927. The van der Waals surface area contributed by atoms with Crippen LogP contribution in [0.3, 0.4) is 0 Å². The number of thiazole rings is 1. The van der Waals surface area contributed by atoms with Crippen LogP contribution >= 0.6 is 11.3 Å². The third-order valence-corrected chi connectivity index (χ3v) is 5.44. The molecule has 0 radical (unpaired) electrons. The van der Waals surface area contributed by atoms with E-state index in [9.17, 15) is 4.79 Å². The molecular formula is C19H21N5OS. The van der Waals surface area contributed by atoms with Gasteiger partial charge < -0.3 is 10.2 Å². The van der Waals surface area contributed by atoms with Gasteiger partial charge in [0, 0.05) is 43.3 Å². The smallest absolute Gasteiger partial charge is 0.272 e. The Morgan fingerprint density at radius 2 is 2.12 bits per heavy atom. The highest BCUT2D eigenvalue weighted by molar-refractivity contribution is 7.14. The molecule has 0 bridgehead atoms. The van der Waals surface area contributed by atoms with Gasteiger partial charge in [-0.05, 0) is 18.9 Å². The fourth-order valence-electron chi connectivity index (χ4n) is 3.22. The molecule has 1 aliphatic heterocycles. The van der Waals surface area contributed by atoms with Crippen molar-refractivity contribution in [3.05, 3.63) is 53.7 Å². The molecule has 0 aliphatic carbocycles. The molecule has 1 aliphatic rings. The molecular weight excluding hydrogens is 346 g/mol. The van der Waals surface area contributed by atoms with Crippen molar-refractivity contribution in [2.75, 3.05) is 18.0 Å². The molecule has 134 valence electrons. The number of rotatable bonds is 4. The minimum Gasteiger partial charge on any atom is -0.346 e. The lowest BCUT2D eigenvalue weighted by atomic mass is 10.1. The number of hydrogen-bond acceptors (Lipinski definition) is 5. The van der Waals surface area contributed by atoms with Crippen LogP contribution in [0.4, 0.5) is 5.13 Å². The molecule has 3 aromatic rings. The fourth-order valence-corrected chi connectivity index (χ4v) is 4.09. The van der Waals surface area contributed by atoms with Gasteiger partial charge in [0.2, 0.25) is 0 Å². The van der Waals surface area contributed by atoms with Crippen LogP contribution in [0.25, 0.3) is 11.3 Å². The number of carbonyl (C=O) groups is 1. The molecule has 0 spiro atoms. The summed E-state index contributed by atoms with van der Waals surface area (Å²) in [7, 11) is 1.81. The van der Waals surface area contributed by atoms with E-state index in [1.54, 1.807) is 28.3 Å². The average Bonchev–Trinajstić information content (AvgIpc) is 3.32. The van der Waals surface area contributed by atoms with Gasteiger partial charge in [0.15, 0.2) is 5.13 Å².